The molecule has 0 aromatic heterocycles. The van der Waals surface area contributed by atoms with Gasteiger partial charge < -0.3 is 20.1 Å². The molecule has 180 valence electrons. The average molecular weight is 465 g/mol. The van der Waals surface area contributed by atoms with E-state index in [1.807, 2.05) is 31.2 Å². The molecule has 1 fully saturated rings. The fourth-order valence-corrected chi connectivity index (χ4v) is 5.11. The number of hydrogen-bond acceptors (Lipinski definition) is 4. The van der Waals surface area contributed by atoms with E-state index in [2.05, 4.69) is 29.6 Å². The van der Waals surface area contributed by atoms with Gasteiger partial charge in [-0.3, -0.25) is 9.59 Å². The lowest BCUT2D eigenvalue weighted by Crippen LogP contribution is -2.53. The molecule has 0 radical (unpaired) electrons. The fourth-order valence-electron chi connectivity index (χ4n) is 5.11. The van der Waals surface area contributed by atoms with Gasteiger partial charge in [-0.1, -0.05) is 48.5 Å². The first-order valence-electron chi connectivity index (χ1n) is 11.8. The summed E-state index contributed by atoms with van der Waals surface area (Å²) in [6.45, 7) is 6.21. The van der Waals surface area contributed by atoms with Crippen molar-refractivity contribution in [1.82, 2.24) is 10.2 Å². The number of carboxylic acid groups (broad SMARTS) is 1. The molecule has 34 heavy (non-hydrogen) atoms. The summed E-state index contributed by atoms with van der Waals surface area (Å²) >= 11 is 0. The van der Waals surface area contributed by atoms with Gasteiger partial charge in [-0.25, -0.2) is 4.79 Å². The summed E-state index contributed by atoms with van der Waals surface area (Å²) in [5, 5.41) is 12.0. The van der Waals surface area contributed by atoms with Gasteiger partial charge in [-0.2, -0.15) is 0 Å². The smallest absolute Gasteiger partial charge is 0.407 e. The predicted molar refractivity (Wildman–Crippen MR) is 128 cm³/mol. The summed E-state index contributed by atoms with van der Waals surface area (Å²) in [6.07, 6.45) is 0.332. The highest BCUT2D eigenvalue weighted by molar-refractivity contribution is 5.84. The zero-order valence-corrected chi connectivity index (χ0v) is 19.9. The van der Waals surface area contributed by atoms with Crippen LogP contribution in [0.25, 0.3) is 11.1 Å². The molecule has 2 amide bonds. The minimum atomic E-state index is -0.837. The summed E-state index contributed by atoms with van der Waals surface area (Å²) in [5.74, 6) is -1.34. The largest absolute Gasteiger partial charge is 0.481 e. The molecule has 1 heterocycles. The van der Waals surface area contributed by atoms with Crippen LogP contribution in [0.4, 0.5) is 4.79 Å². The number of likely N-dealkylation sites (tertiary alicyclic amines) is 1. The quantitative estimate of drug-likeness (QED) is 0.666. The van der Waals surface area contributed by atoms with E-state index in [9.17, 15) is 19.5 Å². The highest BCUT2D eigenvalue weighted by Crippen LogP contribution is 2.44. The second-order valence-corrected chi connectivity index (χ2v) is 9.97. The Labute approximate surface area is 200 Å². The summed E-state index contributed by atoms with van der Waals surface area (Å²) in [4.78, 5) is 38.7. The number of rotatable bonds is 6. The maximum atomic E-state index is 13.1. The van der Waals surface area contributed by atoms with Gasteiger partial charge >= 0.3 is 12.1 Å². The summed E-state index contributed by atoms with van der Waals surface area (Å²) < 4.78 is 5.58. The lowest BCUT2D eigenvalue weighted by molar-refractivity contribution is -0.151. The molecular formula is C27H32N2O5. The van der Waals surface area contributed by atoms with Gasteiger partial charge in [-0.15, -0.1) is 0 Å². The number of fused-ring (bicyclic) bond motifs is 3. The monoisotopic (exact) mass is 464 g/mol. The van der Waals surface area contributed by atoms with Crippen LogP contribution in [0.1, 0.15) is 50.7 Å². The van der Waals surface area contributed by atoms with Crippen molar-refractivity contribution in [3.05, 3.63) is 59.7 Å². The Morgan fingerprint density at radius 1 is 1.06 bits per heavy atom. The molecule has 0 unspecified atom stereocenters. The van der Waals surface area contributed by atoms with Crippen molar-refractivity contribution in [2.45, 2.75) is 45.6 Å². The number of alkyl carbamates (subject to hydrolysis) is 1. The molecule has 2 N–H and O–H groups in total. The molecule has 2 atom stereocenters. The van der Waals surface area contributed by atoms with Crippen LogP contribution in [0.2, 0.25) is 0 Å². The molecule has 0 saturated carbocycles. The van der Waals surface area contributed by atoms with Crippen LogP contribution in [-0.2, 0) is 14.3 Å². The number of hydrogen-bond donors (Lipinski definition) is 2. The van der Waals surface area contributed by atoms with Crippen LogP contribution >= 0.6 is 0 Å². The Bertz CT molecular complexity index is 1050. The van der Waals surface area contributed by atoms with Crippen LogP contribution < -0.4 is 5.32 Å². The summed E-state index contributed by atoms with van der Waals surface area (Å²) in [7, 11) is 0. The van der Waals surface area contributed by atoms with Crippen molar-refractivity contribution < 1.29 is 24.2 Å². The van der Waals surface area contributed by atoms with Crippen LogP contribution in [-0.4, -0.2) is 53.7 Å². The number of piperidine rings is 1. The number of carbonyl (C=O) groups is 3. The average Bonchev–Trinajstić information content (AvgIpc) is 3.14. The van der Waals surface area contributed by atoms with E-state index in [1.54, 1.807) is 18.7 Å². The van der Waals surface area contributed by atoms with E-state index in [1.165, 1.54) is 11.1 Å². The number of benzene rings is 2. The molecular weight excluding hydrogens is 432 g/mol. The van der Waals surface area contributed by atoms with Gasteiger partial charge in [-0.05, 0) is 55.9 Å². The first-order valence-corrected chi connectivity index (χ1v) is 11.8. The number of amides is 2. The number of carbonyl (C=O) groups excluding carboxylic acids is 2. The Balaban J connectivity index is 1.33. The molecule has 0 spiro atoms. The third-order valence-corrected chi connectivity index (χ3v) is 7.08. The number of nitrogens with zero attached hydrogens (tertiary/aromatic N) is 1. The van der Waals surface area contributed by atoms with Crippen molar-refractivity contribution in [2.24, 2.45) is 11.3 Å². The lowest BCUT2D eigenvalue weighted by atomic mass is 9.86. The Morgan fingerprint density at radius 2 is 1.65 bits per heavy atom. The van der Waals surface area contributed by atoms with Gasteiger partial charge in [0.1, 0.15) is 6.61 Å². The van der Waals surface area contributed by atoms with E-state index in [4.69, 9.17) is 4.74 Å². The van der Waals surface area contributed by atoms with Crippen molar-refractivity contribution in [2.75, 3.05) is 19.7 Å². The van der Waals surface area contributed by atoms with Crippen molar-refractivity contribution in [1.29, 1.82) is 0 Å². The van der Waals surface area contributed by atoms with Gasteiger partial charge in [0.15, 0.2) is 0 Å². The van der Waals surface area contributed by atoms with E-state index < -0.39 is 23.4 Å². The first-order chi connectivity index (χ1) is 16.2. The first kappa shape index (κ1) is 23.8. The van der Waals surface area contributed by atoms with Crippen molar-refractivity contribution in [3.8, 4) is 11.1 Å². The second kappa shape index (κ2) is 9.49. The van der Waals surface area contributed by atoms with Gasteiger partial charge in [0.2, 0.25) is 5.91 Å². The van der Waals surface area contributed by atoms with Crippen LogP contribution in [0, 0.1) is 11.3 Å². The van der Waals surface area contributed by atoms with E-state index in [0.29, 0.717) is 19.4 Å². The SMILES string of the molecule is C[C@H]1C[C@@H](C(=O)O)CCN1C(=O)C(C)(C)CNC(=O)OCC1c2ccccc2-c2ccccc21. The Kier molecular flexibility index (Phi) is 6.64. The number of aliphatic carboxylic acids is 1. The molecule has 2 aliphatic rings. The van der Waals surface area contributed by atoms with Crippen molar-refractivity contribution >= 4 is 18.0 Å². The number of nitrogens with one attached hydrogen (secondary N) is 1. The van der Waals surface area contributed by atoms with Crippen LogP contribution in [0.15, 0.2) is 48.5 Å². The highest BCUT2D eigenvalue weighted by atomic mass is 16.5. The van der Waals surface area contributed by atoms with Gasteiger partial charge in [0, 0.05) is 25.0 Å². The molecule has 2 aromatic carbocycles. The molecule has 7 heteroatoms. The lowest BCUT2D eigenvalue weighted by Gasteiger charge is -2.40. The van der Waals surface area contributed by atoms with Gasteiger partial charge in [0.25, 0.3) is 0 Å². The molecule has 1 saturated heterocycles. The molecule has 1 aliphatic heterocycles. The molecule has 7 nitrogen and oxygen atoms in total. The minimum Gasteiger partial charge on any atom is -0.481 e. The standard InChI is InChI=1S/C27H32N2O5/c1-17-14-18(24(30)31)12-13-29(17)25(32)27(2,3)16-28-26(33)34-15-23-21-10-6-4-8-19(21)20-9-5-7-11-22(20)23/h4-11,17-18,23H,12-16H2,1-3H3,(H,28,33)(H,30,31)/t17-,18-/m0/s1. The zero-order valence-electron chi connectivity index (χ0n) is 19.9. The normalized spacial score (nSPS) is 19.8. The number of carboxylic acids is 1. The maximum absolute atomic E-state index is 13.1. The van der Waals surface area contributed by atoms with E-state index in [-0.39, 0.29) is 31.0 Å². The predicted octanol–water partition coefficient (Wildman–Crippen LogP) is 4.26. The third-order valence-electron chi connectivity index (χ3n) is 7.08. The molecule has 4 rings (SSSR count). The Morgan fingerprint density at radius 3 is 2.21 bits per heavy atom. The second-order valence-electron chi connectivity index (χ2n) is 9.97. The topological polar surface area (TPSA) is 95.9 Å². The maximum Gasteiger partial charge on any atom is 0.407 e. The summed E-state index contributed by atoms with van der Waals surface area (Å²) in [6, 6.07) is 16.2. The van der Waals surface area contributed by atoms with Crippen molar-refractivity contribution in [3.63, 3.8) is 0 Å². The number of ether oxygens (including phenoxy) is 1. The van der Waals surface area contributed by atoms with Crippen LogP contribution in [0.5, 0.6) is 0 Å². The van der Waals surface area contributed by atoms with Crippen LogP contribution in [0.3, 0.4) is 0 Å². The minimum absolute atomic E-state index is 0.0239. The molecule has 2 aromatic rings. The van der Waals surface area contributed by atoms with E-state index >= 15 is 0 Å². The highest BCUT2D eigenvalue weighted by Gasteiger charge is 2.39. The zero-order chi connectivity index (χ0) is 24.5. The van der Waals surface area contributed by atoms with Gasteiger partial charge in [0.05, 0.1) is 11.3 Å². The van der Waals surface area contributed by atoms with E-state index in [0.717, 1.165) is 11.1 Å². The molecule has 1 aliphatic carbocycles. The fraction of sp³-hybridized carbons (Fsp3) is 0.444. The third kappa shape index (κ3) is 4.65. The molecule has 0 bridgehead atoms. The summed E-state index contributed by atoms with van der Waals surface area (Å²) in [5.41, 5.74) is 3.78. The Hall–Kier alpha value is -3.35.